The van der Waals surface area contributed by atoms with Gasteiger partial charge in [0, 0.05) is 0 Å². The first-order chi connectivity index (χ1) is 11.8. The van der Waals surface area contributed by atoms with E-state index in [2.05, 4.69) is 18.9 Å². The summed E-state index contributed by atoms with van der Waals surface area (Å²) in [6.07, 6.45) is -7.79. The van der Waals surface area contributed by atoms with Crippen molar-refractivity contribution in [1.82, 2.24) is 0 Å². The van der Waals surface area contributed by atoms with Gasteiger partial charge in [0.15, 0.2) is 23.0 Å². The number of ether oxygens (including phenoxy) is 4. The van der Waals surface area contributed by atoms with Crippen LogP contribution >= 0.6 is 8.67 Å². The Hall–Kier alpha value is -2.74. The van der Waals surface area contributed by atoms with Gasteiger partial charge in [-0.1, -0.05) is 0 Å². The van der Waals surface area contributed by atoms with Gasteiger partial charge in [-0.25, -0.2) is 0 Å². The third kappa shape index (κ3) is 2.10. The van der Waals surface area contributed by atoms with E-state index in [4.69, 9.17) is 8.39 Å². The van der Waals surface area contributed by atoms with Crippen molar-refractivity contribution in [1.29, 1.82) is 0 Å². The van der Waals surface area contributed by atoms with Crippen LogP contribution in [0.1, 0.15) is 0 Å². The zero-order chi connectivity index (χ0) is 17.4. The molecule has 0 radical (unpaired) electrons. The van der Waals surface area contributed by atoms with Crippen LogP contribution in [0.2, 0.25) is 0 Å². The Bertz CT molecular complexity index is 997. The summed E-state index contributed by atoms with van der Waals surface area (Å²) in [4.78, 5) is 0. The average molecular weight is 376 g/mol. The summed E-state index contributed by atoms with van der Waals surface area (Å²) >= 11 is 0. The Morgan fingerprint density at radius 1 is 0.640 bits per heavy atom. The van der Waals surface area contributed by atoms with Gasteiger partial charge in [-0.05, 0) is 24.3 Å². The molecule has 11 heteroatoms. The molecule has 0 spiro atoms. The summed E-state index contributed by atoms with van der Waals surface area (Å²) < 4.78 is 82.6. The van der Waals surface area contributed by atoms with Crippen molar-refractivity contribution in [3.63, 3.8) is 0 Å². The molecule has 0 N–H and O–H groups in total. The molecule has 0 amide bonds. The Morgan fingerprint density at radius 2 is 1.08 bits per heavy atom. The van der Waals surface area contributed by atoms with E-state index >= 15 is 0 Å². The van der Waals surface area contributed by atoms with E-state index in [-0.39, 0.29) is 44.9 Å². The van der Waals surface area contributed by atoms with Crippen LogP contribution in [-0.4, -0.2) is 12.6 Å². The van der Waals surface area contributed by atoms with Crippen LogP contribution in [-0.2, 0) is 0 Å². The third-order valence-corrected chi connectivity index (χ3v) is 4.23. The van der Waals surface area contributed by atoms with Crippen molar-refractivity contribution in [3.8, 4) is 23.0 Å². The van der Waals surface area contributed by atoms with Crippen molar-refractivity contribution in [2.75, 3.05) is 0 Å². The first-order valence-electron chi connectivity index (χ1n) is 6.78. The van der Waals surface area contributed by atoms with E-state index in [0.717, 1.165) is 0 Å². The van der Waals surface area contributed by atoms with Crippen molar-refractivity contribution < 1.29 is 44.9 Å². The summed E-state index contributed by atoms with van der Waals surface area (Å²) in [6, 6.07) is 5.13. The van der Waals surface area contributed by atoms with Crippen LogP contribution in [0.4, 0.5) is 17.6 Å². The summed E-state index contributed by atoms with van der Waals surface area (Å²) in [5.41, 5.74) is 0.175. The second-order valence-corrected chi connectivity index (χ2v) is 5.73. The quantitative estimate of drug-likeness (QED) is 0.516. The number of hydrogen-bond acceptors (Lipinski definition) is 6. The van der Waals surface area contributed by atoms with Gasteiger partial charge in [-0.3, -0.25) is 0 Å². The molecule has 2 aliphatic rings. The lowest BCUT2D eigenvalue weighted by atomic mass is 10.1. The maximum atomic E-state index is 13.5. The lowest BCUT2D eigenvalue weighted by Crippen LogP contribution is -2.26. The molecule has 0 saturated heterocycles. The van der Waals surface area contributed by atoms with Gasteiger partial charge < -0.3 is 27.3 Å². The summed E-state index contributed by atoms with van der Waals surface area (Å²) in [7, 11) is -0.537. The van der Waals surface area contributed by atoms with E-state index in [0.29, 0.717) is 0 Å². The highest BCUT2D eigenvalue weighted by Crippen LogP contribution is 2.53. The second kappa shape index (κ2) is 4.45. The van der Waals surface area contributed by atoms with Crippen LogP contribution in [0.15, 0.2) is 32.7 Å². The lowest BCUT2D eigenvalue weighted by Gasteiger charge is -2.06. The number of alkyl halides is 4. The average Bonchev–Trinajstić information content (AvgIpc) is 2.92. The molecule has 0 unspecified atom stereocenters. The number of benzene rings is 2. The minimum atomic E-state index is -3.90. The highest BCUT2D eigenvalue weighted by molar-refractivity contribution is 7.15. The van der Waals surface area contributed by atoms with Crippen molar-refractivity contribution in [2.45, 2.75) is 12.6 Å². The fourth-order valence-corrected chi connectivity index (χ4v) is 3.31. The zero-order valence-electron chi connectivity index (χ0n) is 11.8. The summed E-state index contributed by atoms with van der Waals surface area (Å²) in [5.74, 6) is -1.28. The van der Waals surface area contributed by atoms with E-state index in [1.165, 1.54) is 24.3 Å². The summed E-state index contributed by atoms with van der Waals surface area (Å²) in [5, 5.41) is -0.0966. The first kappa shape index (κ1) is 14.6. The Labute approximate surface area is 136 Å². The van der Waals surface area contributed by atoms with E-state index in [1.54, 1.807) is 0 Å². The van der Waals surface area contributed by atoms with Gasteiger partial charge in [0.05, 0.1) is 10.8 Å². The Balaban J connectivity index is 1.96. The minimum Gasteiger partial charge on any atom is -0.421 e. The molecule has 0 bridgehead atoms. The molecule has 0 atom stereocenters. The molecule has 3 aromatic rings. The second-order valence-electron chi connectivity index (χ2n) is 5.15. The molecule has 3 heterocycles. The van der Waals surface area contributed by atoms with Gasteiger partial charge >= 0.3 is 12.6 Å². The molecule has 2 aromatic carbocycles. The van der Waals surface area contributed by atoms with Gasteiger partial charge in [0.2, 0.25) is 8.67 Å². The number of rotatable bonds is 0. The first-order valence-corrected chi connectivity index (χ1v) is 7.59. The van der Waals surface area contributed by atoms with Crippen LogP contribution in [0, 0.1) is 0 Å². The van der Waals surface area contributed by atoms with Crippen LogP contribution in [0.3, 0.4) is 0 Å². The molecule has 0 aliphatic carbocycles. The SMILES string of the molecule is FC1(F)Oc2ccc3o[pH]oc4ccc5c(c4c3c2O1)OC(F)(F)O5. The molecule has 5 rings (SSSR count). The molecule has 2 aliphatic heterocycles. The summed E-state index contributed by atoms with van der Waals surface area (Å²) in [6.45, 7) is 0. The standard InChI is InChI=1S/C14H5F4O6P/c15-13(16)19-7-3-1-5-9(11(7)21-13)10-6(24-25-23-5)2-4-8-12(10)22-14(17,18)20-8/h1-4,25H. The minimum absolute atomic E-state index is 0.0483. The molecular weight excluding hydrogens is 371 g/mol. The van der Waals surface area contributed by atoms with Crippen LogP contribution in [0.25, 0.3) is 21.9 Å². The number of hydrogen-bond donors (Lipinski definition) is 0. The Kier molecular flexibility index (Phi) is 2.60. The van der Waals surface area contributed by atoms with E-state index < -0.39 is 21.3 Å². The molecule has 0 saturated carbocycles. The normalized spacial score (nSPS) is 18.7. The van der Waals surface area contributed by atoms with Gasteiger partial charge in [-0.15, -0.1) is 17.6 Å². The number of fused-ring (bicyclic) bond motifs is 7. The predicted octanol–water partition coefficient (Wildman–Crippen LogP) is 4.98. The highest BCUT2D eigenvalue weighted by Gasteiger charge is 2.47. The number of halogens is 4. The molecule has 1 aromatic heterocycles. The lowest BCUT2D eigenvalue weighted by molar-refractivity contribution is -0.287. The molecule has 130 valence electrons. The molecular formula is C14H5F4O6P. The van der Waals surface area contributed by atoms with Crippen molar-refractivity contribution >= 4 is 30.6 Å². The van der Waals surface area contributed by atoms with Crippen molar-refractivity contribution in [2.24, 2.45) is 0 Å². The fourth-order valence-electron chi connectivity index (χ4n) is 2.74. The zero-order valence-corrected chi connectivity index (χ0v) is 12.8. The Morgan fingerprint density at radius 3 is 1.52 bits per heavy atom. The van der Waals surface area contributed by atoms with Crippen LogP contribution in [0.5, 0.6) is 23.0 Å². The monoisotopic (exact) mass is 376 g/mol. The molecule has 6 nitrogen and oxygen atoms in total. The molecule has 25 heavy (non-hydrogen) atoms. The largest absolute Gasteiger partial charge is 0.586 e. The van der Waals surface area contributed by atoms with Gasteiger partial charge in [-0.2, -0.15) is 0 Å². The van der Waals surface area contributed by atoms with Gasteiger partial charge in [0.25, 0.3) is 0 Å². The van der Waals surface area contributed by atoms with Crippen LogP contribution < -0.4 is 18.9 Å². The third-order valence-electron chi connectivity index (χ3n) is 3.62. The molecule has 0 fully saturated rings. The maximum Gasteiger partial charge on any atom is 0.586 e. The maximum absolute atomic E-state index is 13.5. The predicted molar refractivity (Wildman–Crippen MR) is 75.5 cm³/mol. The smallest absolute Gasteiger partial charge is 0.421 e. The fraction of sp³-hybridized carbons (Fsp3) is 0.143. The van der Waals surface area contributed by atoms with Gasteiger partial charge in [0.1, 0.15) is 11.2 Å². The van der Waals surface area contributed by atoms with Crippen molar-refractivity contribution in [3.05, 3.63) is 24.3 Å². The van der Waals surface area contributed by atoms with E-state index in [1.807, 2.05) is 0 Å². The highest BCUT2D eigenvalue weighted by atomic mass is 31.1. The topological polar surface area (TPSA) is 63.2 Å². The van der Waals surface area contributed by atoms with E-state index in [9.17, 15) is 17.6 Å².